The van der Waals surface area contributed by atoms with Gasteiger partial charge in [-0.05, 0) is 62.9 Å². The van der Waals surface area contributed by atoms with Gasteiger partial charge >= 0.3 is 0 Å². The lowest BCUT2D eigenvalue weighted by Gasteiger charge is -2.40. The first-order chi connectivity index (χ1) is 22.6. The van der Waals surface area contributed by atoms with E-state index >= 15 is 0 Å². The predicted molar refractivity (Wildman–Crippen MR) is 183 cm³/mol. The summed E-state index contributed by atoms with van der Waals surface area (Å²) in [5, 5.41) is 10.7. The topological polar surface area (TPSA) is 93.6 Å². The first-order valence-corrected chi connectivity index (χ1v) is 17.1. The van der Waals surface area contributed by atoms with Gasteiger partial charge in [0.1, 0.15) is 11.6 Å². The Labute approximate surface area is 278 Å². The molecular weight excluding hydrogens is 592 g/mol. The Morgan fingerprint density at radius 3 is 2.21 bits per heavy atom. The smallest absolute Gasteiger partial charge is 0.253 e. The van der Waals surface area contributed by atoms with Crippen molar-refractivity contribution >= 4 is 29.1 Å². The van der Waals surface area contributed by atoms with E-state index in [0.717, 1.165) is 30.0 Å². The van der Waals surface area contributed by atoms with Gasteiger partial charge in [0.2, 0.25) is 11.8 Å². The van der Waals surface area contributed by atoms with Crippen LogP contribution in [0.15, 0.2) is 78.9 Å². The van der Waals surface area contributed by atoms with Crippen molar-refractivity contribution in [1.82, 2.24) is 9.80 Å². The number of hydrogen-bond donors (Lipinski definition) is 1. The lowest BCUT2D eigenvalue weighted by Crippen LogP contribution is -2.59. The van der Waals surface area contributed by atoms with E-state index in [-0.39, 0.29) is 30.2 Å². The van der Waals surface area contributed by atoms with Crippen LogP contribution in [0.1, 0.15) is 46.6 Å². The standard InChI is InChI=1S/C38H48N4O5/c1-6-39(7-2)28-15-17-29(18-16-28)41-22-12-20-38-32(35(45)42(33(38)36(41)46)30(25-43)23-26(3)4)31-34(44)40(21-11-19-37(31,5)47-38)24-27-13-9-8-10-14-27/h8-20,26,30-33,43H,6-7,21-25H2,1-5H3/t30-,31-,32+,33?,37+,38+/m1/s1. The summed E-state index contributed by atoms with van der Waals surface area (Å²) in [6.45, 7) is 12.7. The zero-order valence-electron chi connectivity index (χ0n) is 28.2. The molecule has 0 bridgehead atoms. The lowest BCUT2D eigenvalue weighted by molar-refractivity contribution is -0.151. The Kier molecular flexibility index (Phi) is 9.06. The summed E-state index contributed by atoms with van der Waals surface area (Å²) in [6, 6.07) is 16.1. The second kappa shape index (κ2) is 12.9. The third-order valence-corrected chi connectivity index (χ3v) is 10.4. The molecule has 3 amide bonds. The number of carbonyl (C=O) groups is 3. The van der Waals surface area contributed by atoms with Crippen LogP contribution in [-0.4, -0.2) is 88.7 Å². The molecule has 2 aromatic carbocycles. The molecule has 0 aromatic heterocycles. The van der Waals surface area contributed by atoms with Gasteiger partial charge in [-0.2, -0.15) is 0 Å². The van der Waals surface area contributed by atoms with E-state index in [2.05, 4.69) is 18.7 Å². The maximum Gasteiger partial charge on any atom is 0.253 e. The van der Waals surface area contributed by atoms with Crippen molar-refractivity contribution in [3.63, 3.8) is 0 Å². The average molecular weight is 641 g/mol. The molecule has 2 saturated heterocycles. The molecule has 6 atom stereocenters. The summed E-state index contributed by atoms with van der Waals surface area (Å²) in [7, 11) is 0. The SMILES string of the molecule is CCN(CC)c1ccc(N2CC=C[C@]34O[C@@]5(C)C=CCN(Cc6ccccc6)C(=O)[C@H]5[C@H]3C(=O)N([C@@H](CO)CC(C)C)C4C2=O)cc1. The summed E-state index contributed by atoms with van der Waals surface area (Å²) in [5.74, 6) is -2.38. The third-order valence-electron chi connectivity index (χ3n) is 10.4. The number of aliphatic hydroxyl groups is 1. The molecule has 1 unspecified atom stereocenters. The van der Waals surface area contributed by atoms with E-state index in [1.807, 2.05) is 99.7 Å². The lowest BCUT2D eigenvalue weighted by atomic mass is 9.74. The zero-order chi connectivity index (χ0) is 33.5. The van der Waals surface area contributed by atoms with E-state index in [0.29, 0.717) is 26.1 Å². The number of amides is 3. The van der Waals surface area contributed by atoms with Crippen molar-refractivity contribution in [2.24, 2.45) is 17.8 Å². The first-order valence-electron chi connectivity index (χ1n) is 17.1. The van der Waals surface area contributed by atoms with Crippen LogP contribution in [-0.2, 0) is 25.7 Å². The number of ether oxygens (including phenoxy) is 1. The Morgan fingerprint density at radius 2 is 1.57 bits per heavy atom. The predicted octanol–water partition coefficient (Wildman–Crippen LogP) is 4.41. The Bertz CT molecular complexity index is 1540. The maximum absolute atomic E-state index is 14.9. The van der Waals surface area contributed by atoms with Crippen LogP contribution in [0.2, 0.25) is 0 Å². The second-order valence-electron chi connectivity index (χ2n) is 13.9. The highest BCUT2D eigenvalue weighted by Crippen LogP contribution is 2.58. The number of rotatable bonds is 10. The largest absolute Gasteiger partial charge is 0.394 e. The number of fused-ring (bicyclic) bond motifs is 2. The zero-order valence-corrected chi connectivity index (χ0v) is 28.2. The van der Waals surface area contributed by atoms with Gasteiger partial charge in [-0.3, -0.25) is 14.4 Å². The van der Waals surface area contributed by atoms with E-state index in [9.17, 15) is 19.5 Å². The van der Waals surface area contributed by atoms with Gasteiger partial charge in [-0.1, -0.05) is 68.5 Å². The van der Waals surface area contributed by atoms with E-state index < -0.39 is 35.1 Å². The summed E-state index contributed by atoms with van der Waals surface area (Å²) in [6.07, 6.45) is 8.13. The Morgan fingerprint density at radius 1 is 0.894 bits per heavy atom. The molecule has 1 N–H and O–H groups in total. The molecule has 0 saturated carbocycles. The maximum atomic E-state index is 14.9. The van der Waals surface area contributed by atoms with Gasteiger partial charge in [0.25, 0.3) is 5.91 Å². The molecule has 0 aliphatic carbocycles. The van der Waals surface area contributed by atoms with Crippen LogP contribution < -0.4 is 9.80 Å². The molecule has 6 rings (SSSR count). The number of hydrogen-bond acceptors (Lipinski definition) is 6. The number of benzene rings is 2. The molecule has 4 aliphatic rings. The number of likely N-dealkylation sites (tertiary alicyclic amines) is 1. The van der Waals surface area contributed by atoms with Crippen LogP contribution in [0.4, 0.5) is 11.4 Å². The normalized spacial score (nSPS) is 29.1. The molecular formula is C38H48N4O5. The fraction of sp³-hybridized carbons (Fsp3) is 0.500. The summed E-state index contributed by atoms with van der Waals surface area (Å²) in [5.41, 5.74) is 0.291. The Balaban J connectivity index is 1.43. The van der Waals surface area contributed by atoms with Crippen molar-refractivity contribution in [2.45, 2.75) is 70.9 Å². The van der Waals surface area contributed by atoms with Crippen LogP contribution in [0.3, 0.4) is 0 Å². The molecule has 9 heteroatoms. The second-order valence-corrected chi connectivity index (χ2v) is 13.9. The van der Waals surface area contributed by atoms with Gasteiger partial charge in [-0.15, -0.1) is 0 Å². The molecule has 4 heterocycles. The quantitative estimate of drug-likeness (QED) is 0.387. The molecule has 250 valence electrons. The molecule has 2 fully saturated rings. The van der Waals surface area contributed by atoms with Crippen molar-refractivity contribution in [3.8, 4) is 0 Å². The summed E-state index contributed by atoms with van der Waals surface area (Å²) in [4.78, 5) is 51.7. The highest BCUT2D eigenvalue weighted by molar-refractivity contribution is 6.06. The minimum absolute atomic E-state index is 0.159. The van der Waals surface area contributed by atoms with Crippen molar-refractivity contribution < 1.29 is 24.2 Å². The highest BCUT2D eigenvalue weighted by Gasteiger charge is 2.75. The van der Waals surface area contributed by atoms with Crippen LogP contribution >= 0.6 is 0 Å². The number of aliphatic hydroxyl groups excluding tert-OH is 1. The van der Waals surface area contributed by atoms with E-state index in [4.69, 9.17) is 4.74 Å². The van der Waals surface area contributed by atoms with Gasteiger partial charge in [0.05, 0.1) is 30.1 Å². The minimum atomic E-state index is -1.39. The van der Waals surface area contributed by atoms with E-state index in [1.165, 1.54) is 0 Å². The number of carbonyl (C=O) groups excluding carboxylic acids is 3. The molecule has 2 aromatic rings. The average Bonchev–Trinajstić information content (AvgIpc) is 3.34. The molecule has 4 aliphatic heterocycles. The number of nitrogens with zero attached hydrogens (tertiary/aromatic N) is 4. The Hall–Kier alpha value is -3.95. The van der Waals surface area contributed by atoms with Crippen molar-refractivity contribution in [3.05, 3.63) is 84.5 Å². The van der Waals surface area contributed by atoms with Crippen LogP contribution in [0.25, 0.3) is 0 Å². The fourth-order valence-electron chi connectivity index (χ4n) is 8.33. The number of anilines is 2. The van der Waals surface area contributed by atoms with Crippen LogP contribution in [0, 0.1) is 17.8 Å². The molecule has 9 nitrogen and oxygen atoms in total. The summed E-state index contributed by atoms with van der Waals surface area (Å²) < 4.78 is 7.01. The fourth-order valence-corrected chi connectivity index (χ4v) is 8.33. The van der Waals surface area contributed by atoms with Crippen LogP contribution in [0.5, 0.6) is 0 Å². The van der Waals surface area contributed by atoms with Crippen molar-refractivity contribution in [2.75, 3.05) is 42.6 Å². The monoisotopic (exact) mass is 640 g/mol. The third kappa shape index (κ3) is 5.57. The van der Waals surface area contributed by atoms with Gasteiger partial charge in [-0.25, -0.2) is 0 Å². The first kappa shape index (κ1) is 33.0. The summed E-state index contributed by atoms with van der Waals surface area (Å²) >= 11 is 0. The molecule has 47 heavy (non-hydrogen) atoms. The van der Waals surface area contributed by atoms with Gasteiger partial charge in [0, 0.05) is 44.1 Å². The van der Waals surface area contributed by atoms with Crippen molar-refractivity contribution in [1.29, 1.82) is 0 Å². The van der Waals surface area contributed by atoms with Gasteiger partial charge in [0.15, 0.2) is 0 Å². The van der Waals surface area contributed by atoms with Gasteiger partial charge < -0.3 is 29.4 Å². The molecule has 1 spiro atoms. The highest BCUT2D eigenvalue weighted by atomic mass is 16.5. The molecule has 0 radical (unpaired) electrons. The van der Waals surface area contributed by atoms with E-state index in [1.54, 1.807) is 14.7 Å². The minimum Gasteiger partial charge on any atom is -0.394 e.